The number of carbonyl (C=O) groups excluding carboxylic acids is 1. The highest BCUT2D eigenvalue weighted by Gasteiger charge is 2.36. The molecule has 1 saturated heterocycles. The molecule has 1 aromatic heterocycles. The van der Waals surface area contributed by atoms with Crippen LogP contribution in [0, 0.1) is 6.92 Å². The van der Waals surface area contributed by atoms with Gasteiger partial charge in [-0.15, -0.1) is 0 Å². The molecule has 1 aliphatic rings. The van der Waals surface area contributed by atoms with Crippen LogP contribution >= 0.6 is 0 Å². The summed E-state index contributed by atoms with van der Waals surface area (Å²) >= 11 is 0. The number of hydrogen-bond acceptors (Lipinski definition) is 4. The first-order valence-electron chi connectivity index (χ1n) is 7.81. The number of carbonyl (C=O) groups is 1. The number of hydrogen-bond donors (Lipinski definition) is 2. The lowest BCUT2D eigenvalue weighted by molar-refractivity contribution is -0.00237. The van der Waals surface area contributed by atoms with Crippen LogP contribution in [0.4, 0.5) is 0 Å². The first-order valence-corrected chi connectivity index (χ1v) is 7.81. The minimum atomic E-state index is -0.647. The van der Waals surface area contributed by atoms with Crippen molar-refractivity contribution in [2.24, 2.45) is 0 Å². The first-order chi connectivity index (χ1) is 11.1. The number of nitrogens with zero attached hydrogens (tertiary/aromatic N) is 2. The van der Waals surface area contributed by atoms with E-state index in [1.54, 1.807) is 4.90 Å². The fraction of sp³-hybridized carbons (Fsp3) is 0.412. The van der Waals surface area contributed by atoms with Gasteiger partial charge in [0.05, 0.1) is 6.10 Å². The Morgan fingerprint density at radius 3 is 2.83 bits per heavy atom. The molecule has 1 aliphatic heterocycles. The molecule has 0 unspecified atom stereocenters. The molecule has 0 bridgehead atoms. The monoisotopic (exact) mass is 315 g/mol. The van der Waals surface area contributed by atoms with Crippen molar-refractivity contribution in [3.05, 3.63) is 41.7 Å². The van der Waals surface area contributed by atoms with E-state index in [-0.39, 0.29) is 18.6 Å². The molecule has 1 amide bonds. The number of amides is 1. The smallest absolute Gasteiger partial charge is 0.274 e. The summed E-state index contributed by atoms with van der Waals surface area (Å²) in [7, 11) is 0. The van der Waals surface area contributed by atoms with Crippen molar-refractivity contribution in [2.75, 3.05) is 19.7 Å². The Kier molecular flexibility index (Phi) is 4.45. The van der Waals surface area contributed by atoms with Crippen LogP contribution < -0.4 is 0 Å². The molecule has 122 valence electrons. The molecule has 0 saturated carbocycles. The largest absolute Gasteiger partial charge is 0.388 e. The van der Waals surface area contributed by atoms with Gasteiger partial charge in [-0.05, 0) is 13.8 Å². The molecule has 1 aromatic carbocycles. The van der Waals surface area contributed by atoms with Gasteiger partial charge in [-0.1, -0.05) is 30.3 Å². The van der Waals surface area contributed by atoms with E-state index in [1.165, 1.54) is 0 Å². The summed E-state index contributed by atoms with van der Waals surface area (Å²) in [5.74, 6) is 0.495. The zero-order chi connectivity index (χ0) is 16.4. The Morgan fingerprint density at radius 2 is 2.13 bits per heavy atom. The molecule has 2 aromatic rings. The molecule has 0 radical (unpaired) electrons. The number of aromatic nitrogens is 2. The van der Waals surface area contributed by atoms with Crippen LogP contribution in [0.25, 0.3) is 11.4 Å². The number of imidazole rings is 1. The molecule has 2 atom stereocenters. The summed E-state index contributed by atoms with van der Waals surface area (Å²) in [6.45, 7) is 4.89. The molecule has 0 spiro atoms. The van der Waals surface area contributed by atoms with Gasteiger partial charge in [0.15, 0.2) is 0 Å². The Labute approximate surface area is 135 Å². The maximum absolute atomic E-state index is 12.7. The highest BCUT2D eigenvalue weighted by Crippen LogP contribution is 2.21. The number of aryl methyl sites for hydroxylation is 1. The molecule has 23 heavy (non-hydrogen) atoms. The summed E-state index contributed by atoms with van der Waals surface area (Å²) < 4.78 is 5.46. The number of β-amino-alcohol motifs (C(OH)–C–C–N with tert-alkyl or cyclic N) is 1. The van der Waals surface area contributed by atoms with E-state index in [0.717, 1.165) is 11.3 Å². The molecule has 0 aliphatic carbocycles. The van der Waals surface area contributed by atoms with Crippen molar-refractivity contribution >= 4 is 5.91 Å². The summed E-state index contributed by atoms with van der Waals surface area (Å²) in [6.07, 6.45) is -0.969. The first kappa shape index (κ1) is 15.7. The van der Waals surface area contributed by atoms with Crippen LogP contribution in [-0.4, -0.2) is 57.8 Å². The predicted molar refractivity (Wildman–Crippen MR) is 86.1 cm³/mol. The summed E-state index contributed by atoms with van der Waals surface area (Å²) in [5.41, 5.74) is 2.06. The standard InChI is InChI=1S/C17H21N3O3/c1-3-23-14-10-20(9-13(14)21)17(22)15-11(2)18-16(19-15)12-7-5-4-6-8-12/h4-8,13-14,21H,3,9-10H2,1-2H3,(H,18,19)/t13-,14-/m1/s1. The van der Waals surface area contributed by atoms with Crippen LogP contribution in [0.15, 0.2) is 30.3 Å². The number of H-pyrrole nitrogens is 1. The maximum Gasteiger partial charge on any atom is 0.274 e. The zero-order valence-electron chi connectivity index (χ0n) is 13.3. The van der Waals surface area contributed by atoms with Crippen LogP contribution in [0.1, 0.15) is 23.1 Å². The minimum Gasteiger partial charge on any atom is -0.388 e. The van der Waals surface area contributed by atoms with Crippen LogP contribution in [0.2, 0.25) is 0 Å². The van der Waals surface area contributed by atoms with Gasteiger partial charge in [-0.3, -0.25) is 4.79 Å². The van der Waals surface area contributed by atoms with Gasteiger partial charge in [0.25, 0.3) is 5.91 Å². The summed E-state index contributed by atoms with van der Waals surface area (Å²) in [6, 6.07) is 9.68. The predicted octanol–water partition coefficient (Wildman–Crippen LogP) is 1.61. The summed E-state index contributed by atoms with van der Waals surface area (Å²) in [4.78, 5) is 21.9. The lowest BCUT2D eigenvalue weighted by atomic mass is 10.2. The number of aliphatic hydroxyl groups excluding tert-OH is 1. The fourth-order valence-corrected chi connectivity index (χ4v) is 2.85. The molecular formula is C17H21N3O3. The van der Waals surface area contributed by atoms with Crippen molar-refractivity contribution in [3.8, 4) is 11.4 Å². The van der Waals surface area contributed by atoms with E-state index in [9.17, 15) is 9.90 Å². The van der Waals surface area contributed by atoms with Gasteiger partial charge < -0.3 is 19.7 Å². The molecule has 3 rings (SSSR count). The van der Waals surface area contributed by atoms with E-state index >= 15 is 0 Å². The van der Waals surface area contributed by atoms with E-state index in [0.29, 0.717) is 24.7 Å². The lowest BCUT2D eigenvalue weighted by Gasteiger charge is -2.15. The second-order valence-electron chi connectivity index (χ2n) is 5.70. The maximum atomic E-state index is 12.7. The van der Waals surface area contributed by atoms with E-state index < -0.39 is 6.10 Å². The number of aliphatic hydroxyl groups is 1. The van der Waals surface area contributed by atoms with Crippen LogP contribution in [0.3, 0.4) is 0 Å². The number of nitrogens with one attached hydrogen (secondary N) is 1. The lowest BCUT2D eigenvalue weighted by Crippen LogP contribution is -2.31. The van der Waals surface area contributed by atoms with Crippen molar-refractivity contribution in [3.63, 3.8) is 0 Å². The number of rotatable bonds is 4. The quantitative estimate of drug-likeness (QED) is 0.898. The number of benzene rings is 1. The van der Waals surface area contributed by atoms with Gasteiger partial charge in [0.2, 0.25) is 0 Å². The van der Waals surface area contributed by atoms with Gasteiger partial charge in [-0.2, -0.15) is 0 Å². The van der Waals surface area contributed by atoms with Gasteiger partial charge >= 0.3 is 0 Å². The van der Waals surface area contributed by atoms with Gasteiger partial charge in [0, 0.05) is 31.0 Å². The third-order valence-corrected chi connectivity index (χ3v) is 4.04. The number of ether oxygens (including phenoxy) is 1. The zero-order valence-corrected chi connectivity index (χ0v) is 13.3. The Bertz CT molecular complexity index is 684. The van der Waals surface area contributed by atoms with Crippen molar-refractivity contribution in [2.45, 2.75) is 26.1 Å². The average Bonchev–Trinajstić information content (AvgIpc) is 3.12. The third kappa shape index (κ3) is 3.13. The SMILES string of the molecule is CCO[C@@H]1CN(C(=O)c2nc(-c3ccccc3)[nH]c2C)C[C@H]1O. The third-order valence-electron chi connectivity index (χ3n) is 4.04. The molecule has 1 fully saturated rings. The fourth-order valence-electron chi connectivity index (χ4n) is 2.85. The van der Waals surface area contributed by atoms with Crippen LogP contribution in [0.5, 0.6) is 0 Å². The van der Waals surface area contributed by atoms with Crippen LogP contribution in [-0.2, 0) is 4.74 Å². The van der Waals surface area contributed by atoms with Crippen molar-refractivity contribution in [1.29, 1.82) is 0 Å². The Hall–Kier alpha value is -2.18. The second-order valence-corrected chi connectivity index (χ2v) is 5.70. The van der Waals surface area contributed by atoms with Gasteiger partial charge in [0.1, 0.15) is 17.6 Å². The Morgan fingerprint density at radius 1 is 1.39 bits per heavy atom. The molecular weight excluding hydrogens is 294 g/mol. The van der Waals surface area contributed by atoms with E-state index in [1.807, 2.05) is 44.2 Å². The van der Waals surface area contributed by atoms with Crippen molar-refractivity contribution in [1.82, 2.24) is 14.9 Å². The molecule has 6 heteroatoms. The highest BCUT2D eigenvalue weighted by molar-refractivity contribution is 5.94. The molecule has 2 heterocycles. The second kappa shape index (κ2) is 6.52. The number of aromatic amines is 1. The Balaban J connectivity index is 1.80. The normalized spacial score (nSPS) is 20.9. The molecule has 2 N–H and O–H groups in total. The number of likely N-dealkylation sites (tertiary alicyclic amines) is 1. The van der Waals surface area contributed by atoms with E-state index in [2.05, 4.69) is 9.97 Å². The van der Waals surface area contributed by atoms with Crippen molar-refractivity contribution < 1.29 is 14.6 Å². The average molecular weight is 315 g/mol. The van der Waals surface area contributed by atoms with E-state index in [4.69, 9.17) is 4.74 Å². The topological polar surface area (TPSA) is 78.5 Å². The molecule has 6 nitrogen and oxygen atoms in total. The summed E-state index contributed by atoms with van der Waals surface area (Å²) in [5, 5.41) is 9.99. The highest BCUT2D eigenvalue weighted by atomic mass is 16.5. The van der Waals surface area contributed by atoms with Gasteiger partial charge in [-0.25, -0.2) is 4.98 Å². The minimum absolute atomic E-state index is 0.179.